The van der Waals surface area contributed by atoms with Crippen molar-refractivity contribution in [2.24, 2.45) is 0 Å². The topological polar surface area (TPSA) is 60.5 Å². The molecule has 6 heteroatoms. The summed E-state index contributed by atoms with van der Waals surface area (Å²) < 4.78 is 11.8. The van der Waals surface area contributed by atoms with Crippen LogP contribution in [-0.2, 0) is 16.6 Å². The zero-order chi connectivity index (χ0) is 21.8. The Balaban J connectivity index is 1.68. The first-order chi connectivity index (χ1) is 15.0. The number of amides is 1. The number of para-hydroxylation sites is 1. The van der Waals surface area contributed by atoms with Crippen molar-refractivity contribution >= 4 is 33.1 Å². The van der Waals surface area contributed by atoms with Crippen molar-refractivity contribution < 1.29 is 14.3 Å². The van der Waals surface area contributed by atoms with Crippen LogP contribution in [0.15, 0.2) is 72.8 Å². The minimum Gasteiger partial charge on any atom is -0.493 e. The van der Waals surface area contributed by atoms with Gasteiger partial charge in [0.1, 0.15) is 0 Å². The van der Waals surface area contributed by atoms with Crippen LogP contribution in [0.4, 0.5) is 5.69 Å². The van der Waals surface area contributed by atoms with Crippen molar-refractivity contribution in [2.45, 2.75) is 18.8 Å². The molecule has 0 spiro atoms. The Bertz CT molecular complexity index is 1170. The molecule has 3 aromatic carbocycles. The number of nitrogens with one attached hydrogen (secondary N) is 1. The van der Waals surface area contributed by atoms with Gasteiger partial charge in [0, 0.05) is 18.2 Å². The summed E-state index contributed by atoms with van der Waals surface area (Å²) >= 11 is 1.63. The predicted octanol–water partition coefficient (Wildman–Crippen LogP) is 5.45. The van der Waals surface area contributed by atoms with Gasteiger partial charge in [0.25, 0.3) is 0 Å². The molecule has 0 fully saturated rings. The number of carbonyl (C=O) groups excluding carboxylic acids is 1. The lowest BCUT2D eigenvalue weighted by molar-refractivity contribution is -0.121. The van der Waals surface area contributed by atoms with E-state index in [1.54, 1.807) is 37.7 Å². The Kier molecular flexibility index (Phi) is 5.91. The van der Waals surface area contributed by atoms with Gasteiger partial charge >= 0.3 is 0 Å². The number of thiazole rings is 1. The predicted molar refractivity (Wildman–Crippen MR) is 125 cm³/mol. The van der Waals surface area contributed by atoms with E-state index in [-0.39, 0.29) is 5.91 Å². The van der Waals surface area contributed by atoms with Crippen LogP contribution in [0.5, 0.6) is 11.5 Å². The maximum absolute atomic E-state index is 13.6. The Morgan fingerprint density at radius 1 is 0.968 bits per heavy atom. The minimum absolute atomic E-state index is 0.106. The Morgan fingerprint density at radius 2 is 1.68 bits per heavy atom. The second kappa shape index (κ2) is 8.78. The van der Waals surface area contributed by atoms with Crippen molar-refractivity contribution in [1.29, 1.82) is 0 Å². The molecule has 0 saturated carbocycles. The van der Waals surface area contributed by atoms with Crippen molar-refractivity contribution in [2.75, 3.05) is 19.5 Å². The van der Waals surface area contributed by atoms with Crippen LogP contribution in [0.1, 0.15) is 17.5 Å². The van der Waals surface area contributed by atoms with Gasteiger partial charge in [-0.05, 0) is 36.8 Å². The van der Waals surface area contributed by atoms with E-state index in [0.29, 0.717) is 23.6 Å². The van der Waals surface area contributed by atoms with Crippen molar-refractivity contribution in [1.82, 2.24) is 4.98 Å². The van der Waals surface area contributed by atoms with Crippen LogP contribution in [0.3, 0.4) is 0 Å². The van der Waals surface area contributed by atoms with Gasteiger partial charge in [-0.25, -0.2) is 4.98 Å². The molecule has 0 radical (unpaired) electrons. The summed E-state index contributed by atoms with van der Waals surface area (Å²) in [5.74, 6) is 1.07. The standard InChI is InChI=1S/C25H24N2O3S/c1-25(17-9-5-4-6-10-17,16-23-27-19-11-7-8-12-22(19)31-23)24(28)26-18-13-14-20(29-2)21(15-18)30-3/h4-15H,16H2,1-3H3,(H,26,28). The van der Waals surface area contributed by atoms with Crippen LogP contribution >= 0.6 is 11.3 Å². The van der Waals surface area contributed by atoms with E-state index >= 15 is 0 Å². The van der Waals surface area contributed by atoms with E-state index in [1.807, 2.05) is 61.5 Å². The fourth-order valence-electron chi connectivity index (χ4n) is 3.60. The largest absolute Gasteiger partial charge is 0.493 e. The molecule has 0 aliphatic carbocycles. The van der Waals surface area contributed by atoms with Gasteiger partial charge in [0.05, 0.1) is 34.9 Å². The first kappa shape index (κ1) is 20.9. The molecule has 1 amide bonds. The van der Waals surface area contributed by atoms with Crippen molar-refractivity contribution in [3.8, 4) is 11.5 Å². The first-order valence-electron chi connectivity index (χ1n) is 9.97. The quantitative estimate of drug-likeness (QED) is 0.422. The SMILES string of the molecule is COc1ccc(NC(=O)C(C)(Cc2nc3ccccc3s2)c2ccccc2)cc1OC. The number of rotatable bonds is 7. The summed E-state index contributed by atoms with van der Waals surface area (Å²) in [6.45, 7) is 1.96. The number of anilines is 1. The third-order valence-electron chi connectivity index (χ3n) is 5.40. The lowest BCUT2D eigenvalue weighted by Gasteiger charge is -2.28. The molecule has 4 aromatic rings. The summed E-state index contributed by atoms with van der Waals surface area (Å²) in [6.07, 6.45) is 0.496. The lowest BCUT2D eigenvalue weighted by atomic mass is 9.78. The summed E-state index contributed by atoms with van der Waals surface area (Å²) in [4.78, 5) is 18.4. The van der Waals surface area contributed by atoms with Crippen LogP contribution in [0.25, 0.3) is 10.2 Å². The molecule has 1 aromatic heterocycles. The third kappa shape index (κ3) is 4.25. The summed E-state index contributed by atoms with van der Waals surface area (Å²) in [7, 11) is 3.16. The van der Waals surface area contributed by atoms with Gasteiger partial charge in [-0.3, -0.25) is 4.79 Å². The molecule has 158 valence electrons. The van der Waals surface area contributed by atoms with Gasteiger partial charge < -0.3 is 14.8 Å². The van der Waals surface area contributed by atoms with E-state index in [0.717, 1.165) is 20.8 Å². The second-order valence-electron chi connectivity index (χ2n) is 7.47. The van der Waals surface area contributed by atoms with Gasteiger partial charge in [0.15, 0.2) is 11.5 Å². The van der Waals surface area contributed by atoms with Crippen molar-refractivity contribution in [3.05, 3.63) is 83.4 Å². The van der Waals surface area contributed by atoms with E-state index in [2.05, 4.69) is 11.4 Å². The molecule has 0 aliphatic rings. The zero-order valence-electron chi connectivity index (χ0n) is 17.7. The maximum atomic E-state index is 13.6. The number of carbonyl (C=O) groups is 1. The average molecular weight is 433 g/mol. The summed E-state index contributed by atoms with van der Waals surface area (Å²) in [5, 5.41) is 3.99. The normalized spacial score (nSPS) is 12.9. The molecule has 1 unspecified atom stereocenters. The number of aromatic nitrogens is 1. The number of hydrogen-bond donors (Lipinski definition) is 1. The van der Waals surface area contributed by atoms with E-state index < -0.39 is 5.41 Å². The molecule has 1 N–H and O–H groups in total. The molecular formula is C25H24N2O3S. The van der Waals surface area contributed by atoms with Gasteiger partial charge in [-0.1, -0.05) is 42.5 Å². The fraction of sp³-hybridized carbons (Fsp3) is 0.200. The molecule has 0 saturated heterocycles. The van der Waals surface area contributed by atoms with Crippen LogP contribution < -0.4 is 14.8 Å². The molecule has 31 heavy (non-hydrogen) atoms. The molecule has 0 aliphatic heterocycles. The molecule has 5 nitrogen and oxygen atoms in total. The summed E-state index contributed by atoms with van der Waals surface area (Å²) in [5.41, 5.74) is 1.74. The Morgan fingerprint density at radius 3 is 2.39 bits per heavy atom. The van der Waals surface area contributed by atoms with Crippen LogP contribution in [0.2, 0.25) is 0 Å². The number of methoxy groups -OCH3 is 2. The third-order valence-corrected chi connectivity index (χ3v) is 6.43. The first-order valence-corrected chi connectivity index (χ1v) is 10.8. The number of nitrogens with zero attached hydrogens (tertiary/aromatic N) is 1. The smallest absolute Gasteiger partial charge is 0.235 e. The van der Waals surface area contributed by atoms with Gasteiger partial charge in [-0.15, -0.1) is 11.3 Å². The number of fused-ring (bicyclic) bond motifs is 1. The van der Waals surface area contributed by atoms with E-state index in [1.165, 1.54) is 0 Å². The fourth-order valence-corrected chi connectivity index (χ4v) is 4.72. The molecule has 1 heterocycles. The van der Waals surface area contributed by atoms with Crippen LogP contribution in [-0.4, -0.2) is 25.1 Å². The molecule has 0 bridgehead atoms. The zero-order valence-corrected chi connectivity index (χ0v) is 18.5. The highest BCUT2D eigenvalue weighted by molar-refractivity contribution is 7.18. The molecule has 1 atom stereocenters. The van der Waals surface area contributed by atoms with Gasteiger partial charge in [-0.2, -0.15) is 0 Å². The van der Waals surface area contributed by atoms with Crippen LogP contribution in [0, 0.1) is 0 Å². The Labute approximate surface area is 185 Å². The maximum Gasteiger partial charge on any atom is 0.235 e. The highest BCUT2D eigenvalue weighted by Gasteiger charge is 2.36. The lowest BCUT2D eigenvalue weighted by Crippen LogP contribution is -2.39. The number of hydrogen-bond acceptors (Lipinski definition) is 5. The van der Waals surface area contributed by atoms with Crippen molar-refractivity contribution in [3.63, 3.8) is 0 Å². The second-order valence-corrected chi connectivity index (χ2v) is 8.59. The van der Waals surface area contributed by atoms with E-state index in [9.17, 15) is 4.79 Å². The molecular weight excluding hydrogens is 408 g/mol. The average Bonchev–Trinajstić information content (AvgIpc) is 3.21. The Hall–Kier alpha value is -3.38. The minimum atomic E-state index is -0.803. The number of ether oxygens (including phenoxy) is 2. The highest BCUT2D eigenvalue weighted by atomic mass is 32.1. The van der Waals surface area contributed by atoms with Gasteiger partial charge in [0.2, 0.25) is 5.91 Å². The molecule has 4 rings (SSSR count). The van der Waals surface area contributed by atoms with E-state index in [4.69, 9.17) is 14.5 Å². The highest BCUT2D eigenvalue weighted by Crippen LogP contribution is 2.35. The monoisotopic (exact) mass is 432 g/mol. The summed E-state index contributed by atoms with van der Waals surface area (Å²) in [6, 6.07) is 23.2. The number of benzene rings is 3.